The molecule has 0 amide bonds. The average Bonchev–Trinajstić information content (AvgIpc) is 3.36. The Kier molecular flexibility index (Phi) is 23.9. The molecule has 0 saturated heterocycles. The number of hydrogen-bond acceptors (Lipinski definition) is 4. The molecule has 0 spiro atoms. The van der Waals surface area contributed by atoms with Crippen molar-refractivity contribution in [2.45, 2.75) is 169 Å². The number of fused-ring (bicyclic) bond motifs is 2. The van der Waals surface area contributed by atoms with Crippen LogP contribution < -0.4 is 4.74 Å². The van der Waals surface area contributed by atoms with Crippen molar-refractivity contribution in [1.82, 2.24) is 0 Å². The van der Waals surface area contributed by atoms with Crippen LogP contribution in [-0.4, -0.2) is 25.1 Å². The van der Waals surface area contributed by atoms with Crippen LogP contribution in [0, 0.1) is 66.8 Å². The number of hydrogen-bond donors (Lipinski definition) is 0. The van der Waals surface area contributed by atoms with E-state index in [2.05, 4.69) is 181 Å². The Hall–Kier alpha value is -2.36. The minimum atomic E-state index is 0. The summed E-state index contributed by atoms with van der Waals surface area (Å²) < 4.78 is 23.8. The minimum absolute atomic E-state index is 0. The van der Waals surface area contributed by atoms with Crippen LogP contribution in [0.2, 0.25) is 0 Å². The van der Waals surface area contributed by atoms with Gasteiger partial charge in [-0.05, 0) is 86.8 Å². The van der Waals surface area contributed by atoms with Crippen LogP contribution in [0.5, 0.6) is 5.75 Å². The van der Waals surface area contributed by atoms with E-state index in [-0.39, 0.29) is 39.4 Å². The molecule has 0 fully saturated rings. The van der Waals surface area contributed by atoms with Crippen molar-refractivity contribution in [1.29, 1.82) is 0 Å². The van der Waals surface area contributed by atoms with Gasteiger partial charge in [-0.3, -0.25) is 0 Å². The first-order valence-electron chi connectivity index (χ1n) is 24.0. The first kappa shape index (κ1) is 55.8. The van der Waals surface area contributed by atoms with E-state index in [1.807, 2.05) is 12.1 Å². The SMILES string of the molecule is CC(C)/C1=C(\C(C)C)[C@@H](C(C)C)OCOc2ccccc21.CC(C)C1=C(C(C)C)[C@@H](C(C)C)OCc2ccccc21.[CH2-]O[C@@H](/C(=C(\C1=CCCC[CH-]1)C(C)C)C(C)C)C(C)C.[W+2]. The molecule has 3 aliphatic rings. The van der Waals surface area contributed by atoms with E-state index in [0.29, 0.717) is 60.1 Å². The summed E-state index contributed by atoms with van der Waals surface area (Å²) in [5.41, 5.74) is 14.1. The van der Waals surface area contributed by atoms with Crippen LogP contribution in [0.15, 0.2) is 82.5 Å². The first-order valence-corrected chi connectivity index (χ1v) is 24.0. The molecular formula is C57H88O4W. The largest absolute Gasteiger partial charge is 2.00 e. The fourth-order valence-corrected chi connectivity index (χ4v) is 9.75. The standard InChI is InChI=1S/C19H28O2.C19H28O.C19H32O.W/c1-12(2)17-15-9-7-8-10-16(15)20-11-21-19(14(5)6)18(17)13(3)4;1-12(2)17-16-10-8-7-9-15(16)11-20-19(14(5)6)18(17)13(3)4;1-13(2)17(16-11-9-8-10-12-16)18(14(3)4)19(20-7)15(5)6;/h7-10,12-14,19H,11H2,1-6H3;7-10,12-14,19H,11H2,1-6H3;11-15,19H,7-10H2,1-6H3;/q;;-2;+2/b18-17-;;18-17-;/t3*19-;/m111./s1. The van der Waals surface area contributed by atoms with Gasteiger partial charge >= 0.3 is 21.1 Å². The van der Waals surface area contributed by atoms with E-state index in [4.69, 9.17) is 18.9 Å². The minimum Gasteiger partial charge on any atom is -0.550 e. The summed E-state index contributed by atoms with van der Waals surface area (Å²) in [5.74, 6) is 5.27. The predicted molar refractivity (Wildman–Crippen MR) is 263 cm³/mol. The number of benzene rings is 2. The van der Waals surface area contributed by atoms with Gasteiger partial charge in [-0.25, -0.2) is 7.11 Å². The molecule has 3 atom stereocenters. The summed E-state index contributed by atoms with van der Waals surface area (Å²) in [5, 5.41) is 0. The van der Waals surface area contributed by atoms with E-state index < -0.39 is 0 Å². The van der Waals surface area contributed by atoms with Crippen molar-refractivity contribution in [3.8, 4) is 5.75 Å². The normalized spacial score (nSPS) is 20.3. The van der Waals surface area contributed by atoms with Crippen molar-refractivity contribution in [2.75, 3.05) is 6.79 Å². The molecule has 0 N–H and O–H groups in total. The Morgan fingerprint density at radius 1 is 0.645 bits per heavy atom. The number of allylic oxidation sites excluding steroid dienone is 5. The fourth-order valence-electron chi connectivity index (χ4n) is 9.75. The molecule has 5 rings (SSSR count). The van der Waals surface area contributed by atoms with E-state index in [1.165, 1.54) is 75.0 Å². The third-order valence-electron chi connectivity index (χ3n) is 12.3. The second-order valence-electron chi connectivity index (χ2n) is 20.4. The van der Waals surface area contributed by atoms with Gasteiger partial charge in [0.2, 0.25) is 0 Å². The van der Waals surface area contributed by atoms with Crippen molar-refractivity contribution in [2.24, 2.45) is 53.3 Å². The number of rotatable bonds is 12. The van der Waals surface area contributed by atoms with Crippen molar-refractivity contribution < 1.29 is 40.0 Å². The summed E-state index contributed by atoms with van der Waals surface area (Å²) in [6, 6.07) is 17.1. The van der Waals surface area contributed by atoms with E-state index >= 15 is 0 Å². The van der Waals surface area contributed by atoms with Gasteiger partial charge in [-0.1, -0.05) is 198 Å². The summed E-state index contributed by atoms with van der Waals surface area (Å²) in [7, 11) is 3.73. The zero-order valence-corrected chi connectivity index (χ0v) is 45.4. The van der Waals surface area contributed by atoms with Gasteiger partial charge in [0, 0.05) is 11.7 Å². The van der Waals surface area contributed by atoms with Gasteiger partial charge in [0.25, 0.3) is 0 Å². The molecule has 0 radical (unpaired) electrons. The molecule has 346 valence electrons. The molecule has 0 saturated carbocycles. The van der Waals surface area contributed by atoms with Gasteiger partial charge in [0.1, 0.15) is 5.75 Å². The molecule has 2 aliphatic heterocycles. The fraction of sp³-hybridized carbons (Fsp3) is 0.614. The van der Waals surface area contributed by atoms with Crippen LogP contribution in [0.3, 0.4) is 0 Å². The van der Waals surface area contributed by atoms with Gasteiger partial charge in [-0.15, -0.1) is 5.57 Å². The van der Waals surface area contributed by atoms with Gasteiger partial charge in [0.05, 0.1) is 18.8 Å². The Labute approximate surface area is 396 Å². The maximum atomic E-state index is 6.29. The molecule has 5 heteroatoms. The number of ether oxygens (including phenoxy) is 4. The topological polar surface area (TPSA) is 36.9 Å². The van der Waals surface area contributed by atoms with Crippen LogP contribution in [0.25, 0.3) is 11.1 Å². The Morgan fingerprint density at radius 3 is 1.61 bits per heavy atom. The van der Waals surface area contributed by atoms with Crippen molar-refractivity contribution >= 4 is 11.1 Å². The molecule has 62 heavy (non-hydrogen) atoms. The average molecular weight is 1020 g/mol. The third kappa shape index (κ3) is 14.6. The molecule has 0 unspecified atom stereocenters. The van der Waals surface area contributed by atoms with Crippen molar-refractivity contribution in [3.63, 3.8) is 0 Å². The van der Waals surface area contributed by atoms with Crippen molar-refractivity contribution in [3.05, 3.63) is 113 Å². The molecular weight excluding hydrogens is 932 g/mol. The molecule has 0 aromatic heterocycles. The summed E-state index contributed by atoms with van der Waals surface area (Å²) in [6.07, 6.45) is 8.96. The third-order valence-corrected chi connectivity index (χ3v) is 12.3. The number of para-hydroxylation sites is 1. The maximum absolute atomic E-state index is 6.29. The maximum Gasteiger partial charge on any atom is 2.00 e. The quantitative estimate of drug-likeness (QED) is 0.199. The smallest absolute Gasteiger partial charge is 0.550 e. The van der Waals surface area contributed by atoms with E-state index in [0.717, 1.165) is 12.4 Å². The second-order valence-corrected chi connectivity index (χ2v) is 20.4. The molecule has 2 heterocycles. The molecule has 1 aliphatic carbocycles. The molecule has 2 aromatic rings. The Balaban J connectivity index is 0.000000318. The summed E-state index contributed by atoms with van der Waals surface area (Å²) in [4.78, 5) is 0. The Morgan fingerprint density at radius 2 is 1.16 bits per heavy atom. The Bertz CT molecular complexity index is 1780. The van der Waals surface area contributed by atoms with E-state index in [9.17, 15) is 0 Å². The van der Waals surface area contributed by atoms with Crippen LogP contribution >= 0.6 is 0 Å². The molecule has 4 nitrogen and oxygen atoms in total. The van der Waals surface area contributed by atoms with Crippen LogP contribution in [-0.2, 0) is 41.9 Å². The second kappa shape index (κ2) is 26.6. The summed E-state index contributed by atoms with van der Waals surface area (Å²) >= 11 is 0. The van der Waals surface area contributed by atoms with Crippen LogP contribution in [0.1, 0.15) is 161 Å². The predicted octanol–water partition coefficient (Wildman–Crippen LogP) is 16.2. The zero-order valence-electron chi connectivity index (χ0n) is 42.5. The van der Waals surface area contributed by atoms with Gasteiger partial charge in [-0.2, -0.15) is 18.1 Å². The molecule has 2 aromatic carbocycles. The van der Waals surface area contributed by atoms with E-state index in [1.54, 1.807) is 0 Å². The van der Waals surface area contributed by atoms with Gasteiger partial charge in [0.15, 0.2) is 6.79 Å². The molecule has 0 bridgehead atoms. The first-order chi connectivity index (χ1) is 28.8. The monoisotopic (exact) mass is 1020 g/mol. The summed E-state index contributed by atoms with van der Waals surface area (Å²) in [6.45, 7) is 41.8. The van der Waals surface area contributed by atoms with Gasteiger partial charge < -0.3 is 18.9 Å². The zero-order chi connectivity index (χ0) is 45.7. The van der Waals surface area contributed by atoms with Crippen LogP contribution in [0.4, 0.5) is 0 Å².